The van der Waals surface area contributed by atoms with Crippen molar-refractivity contribution in [2.45, 2.75) is 83.0 Å². The lowest BCUT2D eigenvalue weighted by molar-refractivity contribution is 0.137. The highest BCUT2D eigenvalue weighted by Gasteiger charge is 2.43. The van der Waals surface area contributed by atoms with Gasteiger partial charge in [-0.05, 0) is 12.0 Å². The number of benzene rings is 1. The van der Waals surface area contributed by atoms with E-state index in [1.165, 1.54) is 51.4 Å². The van der Waals surface area contributed by atoms with Crippen LogP contribution in [0.2, 0.25) is 0 Å². The molecule has 1 aliphatic heterocycles. The van der Waals surface area contributed by atoms with Gasteiger partial charge in [0.25, 0.3) is 0 Å². The lowest BCUT2D eigenvalue weighted by Crippen LogP contribution is -2.08. The second-order valence-corrected chi connectivity index (χ2v) is 6.26. The van der Waals surface area contributed by atoms with Gasteiger partial charge in [-0.2, -0.15) is 0 Å². The largest absolute Gasteiger partial charge is 0.386 e. The number of rotatable bonds is 11. The Morgan fingerprint density at radius 2 is 1.57 bits per heavy atom. The first kappa shape index (κ1) is 16.5. The summed E-state index contributed by atoms with van der Waals surface area (Å²) >= 11 is 0. The van der Waals surface area contributed by atoms with Crippen LogP contribution < -0.4 is 0 Å². The molecule has 2 heteroatoms. The van der Waals surface area contributed by atoms with Crippen molar-refractivity contribution in [1.29, 1.82) is 0 Å². The van der Waals surface area contributed by atoms with Gasteiger partial charge in [-0.15, -0.1) is 0 Å². The standard InChI is InChI=1S/C19H30O2/c1-2-3-4-5-6-7-8-12-15-17-19(21-17)18(20)16-13-10-9-11-14-16/h9-11,13-14,17-20H,2-8,12,15H2,1H3/t17-,18+,19+/m0/s1. The van der Waals surface area contributed by atoms with Crippen LogP contribution in [-0.2, 0) is 4.74 Å². The Morgan fingerprint density at radius 1 is 0.952 bits per heavy atom. The van der Waals surface area contributed by atoms with E-state index < -0.39 is 6.10 Å². The number of hydrogen-bond donors (Lipinski definition) is 1. The van der Waals surface area contributed by atoms with Crippen LogP contribution in [0.1, 0.15) is 76.4 Å². The van der Waals surface area contributed by atoms with Gasteiger partial charge in [0.2, 0.25) is 0 Å². The molecule has 0 saturated carbocycles. The van der Waals surface area contributed by atoms with Crippen LogP contribution in [0.25, 0.3) is 0 Å². The van der Waals surface area contributed by atoms with Crippen molar-refractivity contribution >= 4 is 0 Å². The first-order valence-electron chi connectivity index (χ1n) is 8.71. The second kappa shape index (κ2) is 9.22. The fourth-order valence-corrected chi connectivity index (χ4v) is 2.99. The van der Waals surface area contributed by atoms with Crippen LogP contribution in [-0.4, -0.2) is 17.3 Å². The molecule has 1 N–H and O–H groups in total. The minimum Gasteiger partial charge on any atom is -0.386 e. The molecule has 0 unspecified atom stereocenters. The zero-order chi connectivity index (χ0) is 14.9. The minimum absolute atomic E-state index is 0.0250. The Bertz CT molecular complexity index is 376. The van der Waals surface area contributed by atoms with E-state index in [1.807, 2.05) is 30.3 Å². The molecule has 0 radical (unpaired) electrons. The van der Waals surface area contributed by atoms with Crippen molar-refractivity contribution in [2.75, 3.05) is 0 Å². The summed E-state index contributed by atoms with van der Waals surface area (Å²) in [6.07, 6.45) is 11.7. The highest BCUT2D eigenvalue weighted by molar-refractivity contribution is 5.20. The number of aliphatic hydroxyl groups excluding tert-OH is 1. The van der Waals surface area contributed by atoms with Crippen molar-refractivity contribution in [3.05, 3.63) is 35.9 Å². The Balaban J connectivity index is 1.50. The average molecular weight is 290 g/mol. The van der Waals surface area contributed by atoms with Crippen LogP contribution in [0, 0.1) is 0 Å². The van der Waals surface area contributed by atoms with Gasteiger partial charge in [0.15, 0.2) is 0 Å². The maximum Gasteiger partial charge on any atom is 0.114 e. The molecule has 0 bridgehead atoms. The average Bonchev–Trinajstić information content (AvgIpc) is 3.29. The second-order valence-electron chi connectivity index (χ2n) is 6.26. The SMILES string of the molecule is CCCCCCCCCC[C@@H]1O[C@H]1[C@H](O)c1ccccc1. The summed E-state index contributed by atoms with van der Waals surface area (Å²) in [6.45, 7) is 2.26. The number of epoxide rings is 1. The zero-order valence-corrected chi connectivity index (χ0v) is 13.3. The minimum atomic E-state index is -0.453. The Kier molecular flexibility index (Phi) is 7.25. The smallest absolute Gasteiger partial charge is 0.114 e. The lowest BCUT2D eigenvalue weighted by Gasteiger charge is -2.07. The monoisotopic (exact) mass is 290 g/mol. The number of unbranched alkanes of at least 4 members (excludes halogenated alkanes) is 7. The van der Waals surface area contributed by atoms with Gasteiger partial charge < -0.3 is 9.84 Å². The van der Waals surface area contributed by atoms with Crippen LogP contribution in [0.4, 0.5) is 0 Å². The lowest BCUT2D eigenvalue weighted by atomic mass is 10.0. The molecule has 0 amide bonds. The van der Waals surface area contributed by atoms with Gasteiger partial charge in [0.1, 0.15) is 12.2 Å². The predicted molar refractivity (Wildman–Crippen MR) is 87.3 cm³/mol. The number of aliphatic hydroxyl groups is 1. The molecule has 3 atom stereocenters. The van der Waals surface area contributed by atoms with Crippen LogP contribution in [0.3, 0.4) is 0 Å². The fourth-order valence-electron chi connectivity index (χ4n) is 2.99. The maximum absolute atomic E-state index is 10.2. The molecule has 0 spiro atoms. The molecule has 118 valence electrons. The van der Waals surface area contributed by atoms with E-state index >= 15 is 0 Å². The number of ether oxygens (including phenoxy) is 1. The molecule has 21 heavy (non-hydrogen) atoms. The first-order chi connectivity index (χ1) is 10.3. The molecule has 1 aromatic carbocycles. The summed E-state index contributed by atoms with van der Waals surface area (Å²) in [6, 6.07) is 9.85. The Morgan fingerprint density at radius 3 is 2.24 bits per heavy atom. The summed E-state index contributed by atoms with van der Waals surface area (Å²) in [4.78, 5) is 0. The van der Waals surface area contributed by atoms with Crippen molar-refractivity contribution in [3.63, 3.8) is 0 Å². The van der Waals surface area contributed by atoms with Crippen molar-refractivity contribution in [3.8, 4) is 0 Å². The first-order valence-corrected chi connectivity index (χ1v) is 8.71. The van der Waals surface area contributed by atoms with Crippen LogP contribution in [0.5, 0.6) is 0 Å². The van der Waals surface area contributed by atoms with E-state index in [4.69, 9.17) is 4.74 Å². The Labute approximate surface area is 129 Å². The summed E-state index contributed by atoms with van der Waals surface area (Å²) in [5, 5.41) is 10.2. The summed E-state index contributed by atoms with van der Waals surface area (Å²) in [5.74, 6) is 0. The third-order valence-electron chi connectivity index (χ3n) is 4.42. The van der Waals surface area contributed by atoms with Crippen LogP contribution >= 0.6 is 0 Å². The molecular formula is C19H30O2. The van der Waals surface area contributed by atoms with Crippen molar-refractivity contribution in [1.82, 2.24) is 0 Å². The summed E-state index contributed by atoms with van der Waals surface area (Å²) < 4.78 is 5.64. The molecule has 1 aliphatic rings. The molecule has 0 aliphatic carbocycles. The number of hydrogen-bond acceptors (Lipinski definition) is 2. The summed E-state index contributed by atoms with van der Waals surface area (Å²) in [5.41, 5.74) is 0.973. The molecule has 1 heterocycles. The normalized spacial score (nSPS) is 22.2. The third kappa shape index (κ3) is 5.80. The van der Waals surface area contributed by atoms with Crippen LogP contribution in [0.15, 0.2) is 30.3 Å². The Hall–Kier alpha value is -0.860. The van der Waals surface area contributed by atoms with Gasteiger partial charge in [-0.25, -0.2) is 0 Å². The molecule has 1 saturated heterocycles. The quantitative estimate of drug-likeness (QED) is 0.458. The highest BCUT2D eigenvalue weighted by atomic mass is 16.6. The van der Waals surface area contributed by atoms with Gasteiger partial charge >= 0.3 is 0 Å². The third-order valence-corrected chi connectivity index (χ3v) is 4.42. The zero-order valence-electron chi connectivity index (χ0n) is 13.3. The molecule has 1 aromatic rings. The van der Waals surface area contributed by atoms with Gasteiger partial charge in [-0.3, -0.25) is 0 Å². The van der Waals surface area contributed by atoms with Crippen molar-refractivity contribution < 1.29 is 9.84 Å². The van der Waals surface area contributed by atoms with E-state index in [0.29, 0.717) is 0 Å². The van der Waals surface area contributed by atoms with Crippen molar-refractivity contribution in [2.24, 2.45) is 0 Å². The van der Waals surface area contributed by atoms with E-state index in [1.54, 1.807) is 0 Å². The molecule has 2 nitrogen and oxygen atoms in total. The molecule has 1 fully saturated rings. The topological polar surface area (TPSA) is 32.8 Å². The van der Waals surface area contributed by atoms with Gasteiger partial charge in [0, 0.05) is 0 Å². The fraction of sp³-hybridized carbons (Fsp3) is 0.684. The molecule has 0 aromatic heterocycles. The van der Waals surface area contributed by atoms with E-state index in [0.717, 1.165) is 12.0 Å². The van der Waals surface area contributed by atoms with Gasteiger partial charge in [-0.1, -0.05) is 88.6 Å². The van der Waals surface area contributed by atoms with E-state index in [-0.39, 0.29) is 12.2 Å². The molecule has 2 rings (SSSR count). The predicted octanol–water partition coefficient (Wildman–Crippen LogP) is 5.02. The van der Waals surface area contributed by atoms with Gasteiger partial charge in [0.05, 0.1) is 6.10 Å². The molecular weight excluding hydrogens is 260 g/mol. The van der Waals surface area contributed by atoms with E-state index in [2.05, 4.69) is 6.92 Å². The highest BCUT2D eigenvalue weighted by Crippen LogP contribution is 2.37. The maximum atomic E-state index is 10.2. The summed E-state index contributed by atoms with van der Waals surface area (Å²) in [7, 11) is 0. The van der Waals surface area contributed by atoms with E-state index in [9.17, 15) is 5.11 Å².